The summed E-state index contributed by atoms with van der Waals surface area (Å²) in [5, 5.41) is 2.17. The molecule has 3 heteroatoms. The fourth-order valence-corrected chi connectivity index (χ4v) is 12.8. The van der Waals surface area contributed by atoms with Crippen molar-refractivity contribution in [2.45, 2.75) is 137 Å². The lowest BCUT2D eigenvalue weighted by atomic mass is 9.75. The molecule has 1 unspecified atom stereocenters. The summed E-state index contributed by atoms with van der Waals surface area (Å²) >= 11 is 0. The van der Waals surface area contributed by atoms with Gasteiger partial charge in [-0.1, -0.05) is 262 Å². The van der Waals surface area contributed by atoms with Crippen LogP contribution in [0.4, 0.5) is 17.1 Å². The van der Waals surface area contributed by atoms with E-state index in [2.05, 4.69) is 309 Å². The molecular weight excluding hydrogens is 1020 g/mol. The van der Waals surface area contributed by atoms with Gasteiger partial charge in [-0.25, -0.2) is 0 Å². The molecule has 0 aliphatic carbocycles. The summed E-state index contributed by atoms with van der Waals surface area (Å²) in [5.41, 5.74) is 26.1. The predicted octanol–water partition coefficient (Wildman–Crippen LogP) is 23.5. The van der Waals surface area contributed by atoms with Crippen molar-refractivity contribution in [2.75, 3.05) is 4.90 Å². The van der Waals surface area contributed by atoms with Gasteiger partial charge in [-0.05, 0) is 147 Å². The van der Waals surface area contributed by atoms with E-state index in [0.29, 0.717) is 0 Å². The third-order valence-electron chi connectivity index (χ3n) is 17.9. The number of hydrogen-bond acceptors (Lipinski definition) is 3. The molecule has 0 amide bonds. The molecule has 11 aromatic rings. The first-order chi connectivity index (χ1) is 39.8. The molecule has 2 aliphatic rings. The normalized spacial score (nSPS) is 14.3. The van der Waals surface area contributed by atoms with Gasteiger partial charge in [0.25, 0.3) is 0 Å². The maximum atomic E-state index is 7.49. The minimum atomic E-state index is -0.189. The van der Waals surface area contributed by atoms with Gasteiger partial charge in [0.1, 0.15) is 22.7 Å². The van der Waals surface area contributed by atoms with Gasteiger partial charge in [0, 0.05) is 38.9 Å². The third-order valence-corrected chi connectivity index (χ3v) is 17.9. The first kappa shape index (κ1) is 54.8. The minimum absolute atomic E-state index is 0.00309. The molecular formula is C81H79NO2. The lowest BCUT2D eigenvalue weighted by Gasteiger charge is -2.43. The third kappa shape index (κ3) is 9.64. The van der Waals surface area contributed by atoms with Gasteiger partial charge in [0.2, 0.25) is 0 Å². The highest BCUT2D eigenvalue weighted by atomic mass is 16.5. The Balaban J connectivity index is 1.18. The molecule has 0 N–H and O–H groups in total. The molecule has 10 aromatic carbocycles. The molecule has 0 fully saturated rings. The number of hydrogen-bond donors (Lipinski definition) is 0. The molecule has 0 spiro atoms. The zero-order valence-electron chi connectivity index (χ0n) is 51.9. The zero-order valence-corrected chi connectivity index (χ0v) is 51.9. The van der Waals surface area contributed by atoms with Crippen LogP contribution in [0, 0.1) is 0 Å². The topological polar surface area (TPSA) is 25.6 Å². The van der Waals surface area contributed by atoms with Crippen LogP contribution in [0.3, 0.4) is 0 Å². The number of anilines is 3. The fraction of sp³-hybridized carbons (Fsp3) is 0.259. The second-order valence-corrected chi connectivity index (χ2v) is 29.1. The Morgan fingerprint density at radius 2 is 0.821 bits per heavy atom. The Hall–Kier alpha value is -8.40. The van der Waals surface area contributed by atoms with E-state index >= 15 is 0 Å². The van der Waals surface area contributed by atoms with Crippen LogP contribution in [0.5, 0.6) is 11.5 Å². The number of furan rings is 1. The van der Waals surface area contributed by atoms with Crippen molar-refractivity contribution < 1.29 is 9.15 Å². The average molecular weight is 1100 g/mol. The van der Waals surface area contributed by atoms with Crippen molar-refractivity contribution in [3.8, 4) is 67.1 Å². The molecule has 84 heavy (non-hydrogen) atoms. The van der Waals surface area contributed by atoms with Crippen molar-refractivity contribution >= 4 is 39.0 Å². The zero-order chi connectivity index (χ0) is 59.0. The van der Waals surface area contributed by atoms with Gasteiger partial charge in [-0.2, -0.15) is 0 Å². The number of fused-ring (bicyclic) bond motifs is 7. The van der Waals surface area contributed by atoms with Crippen LogP contribution >= 0.6 is 0 Å². The monoisotopic (exact) mass is 1100 g/mol. The van der Waals surface area contributed by atoms with E-state index in [1.54, 1.807) is 0 Å². The Morgan fingerprint density at radius 1 is 0.333 bits per heavy atom. The van der Waals surface area contributed by atoms with Crippen LogP contribution in [-0.2, 0) is 27.1 Å². The second kappa shape index (κ2) is 19.6. The van der Waals surface area contributed by atoms with Gasteiger partial charge in [0.15, 0.2) is 0 Å². The van der Waals surface area contributed by atoms with E-state index in [9.17, 15) is 0 Å². The van der Waals surface area contributed by atoms with Crippen molar-refractivity contribution in [3.05, 3.63) is 245 Å². The van der Waals surface area contributed by atoms with E-state index < -0.39 is 0 Å². The van der Waals surface area contributed by atoms with Crippen LogP contribution in [0.25, 0.3) is 77.6 Å². The van der Waals surface area contributed by atoms with Crippen molar-refractivity contribution in [1.29, 1.82) is 0 Å². The first-order valence-corrected chi connectivity index (χ1v) is 30.2. The lowest BCUT2D eigenvalue weighted by molar-refractivity contribution is 0.453. The Kier molecular flexibility index (Phi) is 12.8. The number of nitrogens with zero attached hydrogens (tertiary/aromatic N) is 1. The van der Waals surface area contributed by atoms with E-state index in [-0.39, 0.29) is 33.0 Å². The van der Waals surface area contributed by atoms with Gasteiger partial charge >= 0.3 is 0 Å². The Labute approximate surface area is 499 Å². The van der Waals surface area contributed by atoms with E-state index in [1.807, 2.05) is 0 Å². The molecule has 1 atom stereocenters. The Bertz CT molecular complexity index is 4320. The molecule has 3 heterocycles. The molecule has 13 rings (SSSR count). The average Bonchev–Trinajstić information content (AvgIpc) is 0.926. The molecule has 3 nitrogen and oxygen atoms in total. The van der Waals surface area contributed by atoms with Gasteiger partial charge < -0.3 is 14.1 Å². The number of para-hydroxylation sites is 1. The van der Waals surface area contributed by atoms with Gasteiger partial charge in [0.05, 0.1) is 17.1 Å². The van der Waals surface area contributed by atoms with Crippen LogP contribution in [0.2, 0.25) is 0 Å². The van der Waals surface area contributed by atoms with Gasteiger partial charge in [-0.15, -0.1) is 0 Å². The summed E-state index contributed by atoms with van der Waals surface area (Å²) in [6.07, 6.45) is 0. The Morgan fingerprint density at radius 3 is 1.39 bits per heavy atom. The maximum absolute atomic E-state index is 7.49. The number of rotatable bonds is 6. The lowest BCUT2D eigenvalue weighted by Crippen LogP contribution is -2.26. The summed E-state index contributed by atoms with van der Waals surface area (Å²) in [6.45, 7) is 34.8. The summed E-state index contributed by atoms with van der Waals surface area (Å²) in [5.74, 6) is 1.54. The first-order valence-electron chi connectivity index (χ1n) is 30.2. The molecule has 0 saturated carbocycles. The van der Waals surface area contributed by atoms with Crippen LogP contribution in [-0.4, -0.2) is 0 Å². The largest absolute Gasteiger partial charge is 0.457 e. The quantitative estimate of drug-likeness (QED) is 0.166. The number of benzene rings is 10. The SMILES string of the molecule is CC(C)(C)c1ccc(-c2cc3c4c(c2)N(c2c(-c5ccccc5)cc5c(oc6ccccc65)c2-c2ccccc2)c2cc(-c5cc(C(C)(C)C)cc(C(C)(C)C)c5)ccc2C4c2cc(-c4cc(C(C)(C)C)cc(C(C)(C)C)c4)ccc2O3)cc1. The highest BCUT2D eigenvalue weighted by molar-refractivity contribution is 6.17. The molecule has 2 aliphatic heterocycles. The van der Waals surface area contributed by atoms with E-state index in [0.717, 1.165) is 101 Å². The molecule has 420 valence electrons. The summed E-state index contributed by atoms with van der Waals surface area (Å²) in [6, 6.07) is 75.6. The second-order valence-electron chi connectivity index (χ2n) is 29.1. The summed E-state index contributed by atoms with van der Waals surface area (Å²) in [4.78, 5) is 2.61. The predicted molar refractivity (Wildman–Crippen MR) is 357 cm³/mol. The van der Waals surface area contributed by atoms with Crippen molar-refractivity contribution in [3.63, 3.8) is 0 Å². The minimum Gasteiger partial charge on any atom is -0.457 e. The number of ether oxygens (including phenoxy) is 1. The maximum Gasteiger partial charge on any atom is 0.145 e. The summed E-state index contributed by atoms with van der Waals surface area (Å²) in [7, 11) is 0. The van der Waals surface area contributed by atoms with Gasteiger partial charge in [-0.3, -0.25) is 0 Å². The smallest absolute Gasteiger partial charge is 0.145 e. The van der Waals surface area contributed by atoms with Crippen molar-refractivity contribution in [2.24, 2.45) is 0 Å². The molecule has 1 aromatic heterocycles. The van der Waals surface area contributed by atoms with Crippen molar-refractivity contribution in [1.82, 2.24) is 0 Å². The molecule has 0 bridgehead atoms. The highest BCUT2D eigenvalue weighted by Crippen LogP contribution is 2.63. The standard InChI is InChI=1S/C81H79NO2/c1-77(2,3)57-34-30-49(31-35-57)56-44-68-74-71(45-56)83-70-37-33-52(54-38-58(78(4,5)6)46-59(39-54)79(7,8)9)42-66(70)73(74)63-36-32-53(55-40-60(80(10,11)12)47-61(41-55)81(13,14)15)43-67(63)82(68)75-64(50-24-18-16-19-25-50)48-65-62-28-22-23-29-69(62)84-76(65)72(75)51-26-20-17-21-27-51/h16-48,73H,1-15H3. The highest BCUT2D eigenvalue weighted by Gasteiger charge is 2.42. The van der Waals surface area contributed by atoms with E-state index in [4.69, 9.17) is 9.15 Å². The summed E-state index contributed by atoms with van der Waals surface area (Å²) < 4.78 is 14.7. The van der Waals surface area contributed by atoms with Crippen LogP contribution < -0.4 is 9.64 Å². The van der Waals surface area contributed by atoms with Crippen LogP contribution in [0.15, 0.2) is 205 Å². The fourth-order valence-electron chi connectivity index (χ4n) is 12.8. The van der Waals surface area contributed by atoms with E-state index in [1.165, 1.54) is 50.1 Å². The molecule has 0 radical (unpaired) electrons. The molecule has 0 saturated heterocycles. The van der Waals surface area contributed by atoms with Crippen LogP contribution in [0.1, 0.15) is 154 Å².